The topological polar surface area (TPSA) is 80.7 Å². The molecule has 0 aliphatic heterocycles. The molecule has 7 heteroatoms. The van der Waals surface area contributed by atoms with Crippen LogP contribution in [0.15, 0.2) is 0 Å². The number of carbonyl (C=O) groups is 1. The van der Waals surface area contributed by atoms with E-state index in [0.717, 1.165) is 19.3 Å². The van der Waals surface area contributed by atoms with Gasteiger partial charge in [0, 0.05) is 55.3 Å². The molecule has 0 spiro atoms. The van der Waals surface area contributed by atoms with Gasteiger partial charge in [0.2, 0.25) is 0 Å². The Morgan fingerprint density at radius 3 is 1.36 bits per heavy atom. The van der Waals surface area contributed by atoms with Crippen molar-refractivity contribution in [1.29, 1.82) is 0 Å². The normalized spacial score (nSPS) is 11.1. The van der Waals surface area contributed by atoms with Gasteiger partial charge in [0.25, 0.3) is 0 Å². The molecule has 0 bridgehead atoms. The van der Waals surface area contributed by atoms with Crippen molar-refractivity contribution in [1.82, 2.24) is 0 Å². The molecule has 0 saturated carbocycles. The van der Waals surface area contributed by atoms with Crippen molar-refractivity contribution in [2.24, 2.45) is 0 Å². The second-order valence-corrected chi connectivity index (χ2v) is 7.60. The van der Waals surface area contributed by atoms with Crippen LogP contribution in [0.1, 0.15) is 110 Å². The molecule has 0 unspecified atom stereocenters. The number of unbranched alkanes of at least 4 members (excludes halogenated alkanes) is 14. The first-order chi connectivity index (χ1) is 11.5. The van der Waals surface area contributed by atoms with E-state index in [2.05, 4.69) is 11.1 Å². The van der Waals surface area contributed by atoms with Gasteiger partial charge in [0.05, 0.1) is 0 Å². The van der Waals surface area contributed by atoms with Crippen molar-refractivity contribution in [2.75, 3.05) is 0 Å². The van der Waals surface area contributed by atoms with Crippen LogP contribution < -0.4 is 0 Å². The van der Waals surface area contributed by atoms with Crippen LogP contribution in [-0.2, 0) is 19.4 Å². The molecule has 2 radical (unpaired) electrons. The smallest absolute Gasteiger partial charge is 0.325 e. The third-order valence-corrected chi connectivity index (χ3v) is 4.58. The quantitative estimate of drug-likeness (QED) is 0.168. The van der Waals surface area contributed by atoms with Crippen LogP contribution >= 0.6 is 0 Å². The molecule has 0 aliphatic carbocycles. The predicted molar refractivity (Wildman–Crippen MR) is 103 cm³/mol. The van der Waals surface area contributed by atoms with Gasteiger partial charge in [-0.1, -0.05) is 96.8 Å². The molecule has 0 fully saturated rings. The minimum absolute atomic E-state index is 0. The van der Waals surface area contributed by atoms with E-state index in [4.69, 9.17) is 4.55 Å². The first kappa shape index (κ1) is 28.2. The monoisotopic (exact) mass is 502 g/mol. The number of hydrogen-bond donors (Lipinski definition) is 1. The Kier molecular flexibility index (Phi) is 22.2. The standard InChI is InChI=1S/C18H36O5S.Ba/c1-2-3-4-5-6-7-8-9-10-11-12-13-14-15-16-17-18(19)23-24(20,21)22;/h2-17H2,1H3,(H,20,21,22);. The van der Waals surface area contributed by atoms with Crippen molar-refractivity contribution in [2.45, 2.75) is 110 Å². The molecule has 0 aromatic carbocycles. The molecular formula is C18H36BaO5S. The summed E-state index contributed by atoms with van der Waals surface area (Å²) < 4.78 is 32.8. The van der Waals surface area contributed by atoms with Gasteiger partial charge in [0.1, 0.15) is 0 Å². The van der Waals surface area contributed by atoms with Gasteiger partial charge in [0.15, 0.2) is 0 Å². The Labute approximate surface area is 195 Å². The summed E-state index contributed by atoms with van der Waals surface area (Å²) in [7, 11) is -4.64. The van der Waals surface area contributed by atoms with Crippen LogP contribution in [0, 0.1) is 0 Å². The van der Waals surface area contributed by atoms with Crippen LogP contribution in [0.4, 0.5) is 0 Å². The molecular weight excluding hydrogens is 466 g/mol. The van der Waals surface area contributed by atoms with Crippen molar-refractivity contribution in [3.8, 4) is 0 Å². The van der Waals surface area contributed by atoms with Crippen molar-refractivity contribution in [3.63, 3.8) is 0 Å². The van der Waals surface area contributed by atoms with Gasteiger partial charge in [-0.05, 0) is 6.42 Å². The molecule has 25 heavy (non-hydrogen) atoms. The van der Waals surface area contributed by atoms with Gasteiger partial charge < -0.3 is 4.18 Å². The molecule has 1 N–H and O–H groups in total. The fraction of sp³-hybridized carbons (Fsp3) is 0.944. The zero-order chi connectivity index (χ0) is 18.1. The van der Waals surface area contributed by atoms with Gasteiger partial charge in [-0.2, -0.15) is 8.42 Å². The van der Waals surface area contributed by atoms with E-state index >= 15 is 0 Å². The Hall–Kier alpha value is 0.951. The van der Waals surface area contributed by atoms with Gasteiger partial charge in [-0.3, -0.25) is 9.35 Å². The van der Waals surface area contributed by atoms with Crippen LogP contribution in [0.3, 0.4) is 0 Å². The van der Waals surface area contributed by atoms with Crippen molar-refractivity contribution in [3.05, 3.63) is 0 Å². The van der Waals surface area contributed by atoms with Crippen LogP contribution in [0.2, 0.25) is 0 Å². The van der Waals surface area contributed by atoms with Crippen molar-refractivity contribution >= 4 is 65.2 Å². The molecule has 0 aromatic rings. The fourth-order valence-corrected chi connectivity index (χ4v) is 3.12. The molecule has 0 atom stereocenters. The number of carbonyl (C=O) groups excluding carboxylic acids is 1. The van der Waals surface area contributed by atoms with E-state index in [1.54, 1.807) is 0 Å². The average molecular weight is 502 g/mol. The molecule has 5 nitrogen and oxygen atoms in total. The largest absolute Gasteiger partial charge is 0.448 e. The van der Waals surface area contributed by atoms with Crippen molar-refractivity contribution < 1.29 is 21.9 Å². The zero-order valence-corrected chi connectivity index (χ0v) is 21.3. The minimum Gasteiger partial charge on any atom is -0.325 e. The Bertz CT molecular complexity index is 398. The Morgan fingerprint density at radius 2 is 1.04 bits per heavy atom. The molecule has 0 aromatic heterocycles. The average Bonchev–Trinajstić information content (AvgIpc) is 2.49. The second-order valence-electron chi connectivity index (χ2n) is 6.58. The van der Waals surface area contributed by atoms with E-state index in [1.165, 1.54) is 70.6 Å². The summed E-state index contributed by atoms with van der Waals surface area (Å²) in [5.74, 6) is -0.882. The molecule has 0 aliphatic rings. The molecule has 146 valence electrons. The first-order valence-corrected chi connectivity index (χ1v) is 11.0. The zero-order valence-electron chi connectivity index (χ0n) is 16.0. The summed E-state index contributed by atoms with van der Waals surface area (Å²) in [5, 5.41) is 0. The maximum atomic E-state index is 11.0. The second kappa shape index (κ2) is 19.7. The van der Waals surface area contributed by atoms with E-state index in [0.29, 0.717) is 6.42 Å². The van der Waals surface area contributed by atoms with E-state index in [9.17, 15) is 13.2 Å². The third-order valence-electron chi connectivity index (χ3n) is 4.18. The van der Waals surface area contributed by atoms with Crippen LogP contribution in [0.25, 0.3) is 0 Å². The summed E-state index contributed by atoms with van der Waals surface area (Å²) >= 11 is 0. The predicted octanol–water partition coefficient (Wildman–Crippen LogP) is 5.21. The Balaban J connectivity index is 0. The first-order valence-electron chi connectivity index (χ1n) is 9.65. The Morgan fingerprint density at radius 1 is 0.720 bits per heavy atom. The van der Waals surface area contributed by atoms with Crippen LogP contribution in [-0.4, -0.2) is 67.8 Å². The summed E-state index contributed by atoms with van der Waals surface area (Å²) in [6.45, 7) is 2.25. The maximum Gasteiger partial charge on any atom is 0.448 e. The van der Waals surface area contributed by atoms with E-state index < -0.39 is 16.4 Å². The van der Waals surface area contributed by atoms with Gasteiger partial charge >= 0.3 is 16.4 Å². The molecule has 0 amide bonds. The van der Waals surface area contributed by atoms with Crippen LogP contribution in [0.5, 0.6) is 0 Å². The summed E-state index contributed by atoms with van der Waals surface area (Å²) in [6.07, 6.45) is 18.5. The SMILES string of the molecule is CCCCCCCCCCCCCCCCCC(=O)OS(=O)(=O)O.[Ba]. The molecule has 0 rings (SSSR count). The summed E-state index contributed by atoms with van der Waals surface area (Å²) in [5.41, 5.74) is 0. The third kappa shape index (κ3) is 25.0. The number of hydrogen-bond acceptors (Lipinski definition) is 4. The summed E-state index contributed by atoms with van der Waals surface area (Å²) in [4.78, 5) is 11.0. The maximum absolute atomic E-state index is 11.0. The summed E-state index contributed by atoms with van der Waals surface area (Å²) in [6, 6.07) is 0. The van der Waals surface area contributed by atoms with E-state index in [-0.39, 0.29) is 55.3 Å². The minimum atomic E-state index is -4.64. The molecule has 0 heterocycles. The molecule has 0 saturated heterocycles. The van der Waals surface area contributed by atoms with E-state index in [1.807, 2.05) is 0 Å². The fourth-order valence-electron chi connectivity index (χ4n) is 2.80. The van der Waals surface area contributed by atoms with Gasteiger partial charge in [-0.15, -0.1) is 0 Å². The number of rotatable bonds is 17. The van der Waals surface area contributed by atoms with Gasteiger partial charge in [-0.25, -0.2) is 0 Å².